The van der Waals surface area contributed by atoms with Crippen LogP contribution in [0.1, 0.15) is 116 Å². The summed E-state index contributed by atoms with van der Waals surface area (Å²) in [6.45, 7) is 42.3. The van der Waals surface area contributed by atoms with Gasteiger partial charge in [0, 0.05) is 0 Å². The zero-order chi connectivity index (χ0) is 35.0. The van der Waals surface area contributed by atoms with Crippen molar-refractivity contribution in [3.8, 4) is 22.3 Å². The van der Waals surface area contributed by atoms with Crippen molar-refractivity contribution in [3.63, 3.8) is 0 Å². The van der Waals surface area contributed by atoms with Crippen molar-refractivity contribution in [2.45, 2.75) is 138 Å². The predicted molar refractivity (Wildman–Crippen MR) is 208 cm³/mol. The molecule has 0 atom stereocenters. The molecule has 3 aromatic carbocycles. The van der Waals surface area contributed by atoms with Crippen LogP contribution in [0.5, 0.6) is 0 Å². The van der Waals surface area contributed by atoms with E-state index in [1.807, 2.05) is 0 Å². The molecule has 259 valence electrons. The predicted octanol–water partition coefficient (Wildman–Crippen LogP) is 10.9. The second-order valence-corrected chi connectivity index (χ2v) is 58.8. The van der Waals surface area contributed by atoms with Gasteiger partial charge in [-0.1, -0.05) is 0 Å². The van der Waals surface area contributed by atoms with E-state index in [0.29, 0.717) is 0 Å². The van der Waals surface area contributed by atoms with Gasteiger partial charge in [0.1, 0.15) is 0 Å². The summed E-state index contributed by atoms with van der Waals surface area (Å²) in [7, 11) is 0. The van der Waals surface area contributed by atoms with Crippen LogP contribution in [0.25, 0.3) is 22.3 Å². The van der Waals surface area contributed by atoms with Crippen LogP contribution in [-0.4, -0.2) is 64.5 Å². The largest absolute Gasteiger partial charge is 0.412 e. The van der Waals surface area contributed by atoms with E-state index in [9.17, 15) is 0 Å². The minimum absolute atomic E-state index is 0. The third-order valence-corrected chi connectivity index (χ3v) is 68.6. The molecule has 1 radical (unpaired) electrons. The summed E-state index contributed by atoms with van der Waals surface area (Å²) in [5.41, 5.74) is 13.1. The Morgan fingerprint density at radius 2 is 0.766 bits per heavy atom. The topological polar surface area (TPSA) is 59.2 Å². The molecule has 4 rings (SSSR count). The molecule has 1 heterocycles. The standard InChI is InChI=1S/C24H25.4C4H9.H2O.3O.3Sn/c1-15-10-17(3)23(18(4)11-15)21-8-7-9-22(14-21)24-19(5)12-16(2)13-20(24)6;4*1-4(2)3;;;;;;;/h7-13H,1-6H3;4*1-3H3;1H2;;;;;;. The Labute approximate surface area is 305 Å². The molecule has 2 N–H and O–H groups in total. The van der Waals surface area contributed by atoms with E-state index in [2.05, 4.69) is 167 Å². The van der Waals surface area contributed by atoms with Crippen molar-refractivity contribution < 1.29 is 9.71 Å². The number of benzene rings is 3. The van der Waals surface area contributed by atoms with Crippen molar-refractivity contribution in [2.24, 2.45) is 0 Å². The van der Waals surface area contributed by atoms with Gasteiger partial charge in [0.2, 0.25) is 0 Å². The van der Waals surface area contributed by atoms with Gasteiger partial charge in [0.15, 0.2) is 0 Å². The Morgan fingerprint density at radius 3 is 1.02 bits per heavy atom. The second kappa shape index (κ2) is 13.8. The zero-order valence-corrected chi connectivity index (χ0v) is 41.3. The maximum atomic E-state index is 8.01. The normalized spacial score (nSPS) is 17.4. The van der Waals surface area contributed by atoms with E-state index in [0.717, 1.165) is 0 Å². The SMILES string of the molecule is Cc1cc(C)c(-c2cccc(-c3c(C)cc(C)cc3C)[c]2[Sn]2[O][Sn]([C](C)(C)C)([C](C)(C)C)[O][Sn]([C](C)(C)C)([C](C)(C)C)[O]2)c(C)c1.O. The summed E-state index contributed by atoms with van der Waals surface area (Å²) in [5, 5.41) is 0. The Hall–Kier alpha value is -0.104. The van der Waals surface area contributed by atoms with Crippen LogP contribution in [-0.2, 0) is 4.23 Å². The van der Waals surface area contributed by atoms with E-state index >= 15 is 0 Å². The van der Waals surface area contributed by atoms with Crippen LogP contribution in [0.2, 0.25) is 13.7 Å². The average Bonchev–Trinajstić information content (AvgIpc) is 2.84. The fourth-order valence-electron chi connectivity index (χ4n) is 8.50. The molecule has 1 aliphatic rings. The maximum absolute atomic E-state index is 8.01. The molecule has 0 spiro atoms. The summed E-state index contributed by atoms with van der Waals surface area (Å²) >= 11 is -11.5. The van der Waals surface area contributed by atoms with Crippen LogP contribution in [0.15, 0.2) is 42.5 Å². The molecule has 4 nitrogen and oxygen atoms in total. The van der Waals surface area contributed by atoms with E-state index in [1.54, 1.807) is 0 Å². The Morgan fingerprint density at radius 1 is 0.489 bits per heavy atom. The first-order valence-electron chi connectivity index (χ1n) is 17.0. The first-order valence-corrected chi connectivity index (χ1v) is 31.2. The molecule has 3 aromatic rings. The molecule has 0 aromatic heterocycles. The van der Waals surface area contributed by atoms with Crippen LogP contribution >= 0.6 is 0 Å². The molecule has 0 amide bonds. The molecule has 1 aliphatic heterocycles. The minimum atomic E-state index is -4.04. The summed E-state index contributed by atoms with van der Waals surface area (Å²) in [6, 6.07) is 16.3. The van der Waals surface area contributed by atoms with Crippen LogP contribution in [0.4, 0.5) is 0 Å². The molecular formula is C40H63O4Sn3. The Kier molecular flexibility index (Phi) is 12.1. The van der Waals surface area contributed by atoms with Crippen molar-refractivity contribution in [1.29, 1.82) is 0 Å². The van der Waals surface area contributed by atoms with Gasteiger partial charge >= 0.3 is 303 Å². The van der Waals surface area contributed by atoms with Gasteiger partial charge in [-0.2, -0.15) is 0 Å². The first kappa shape index (κ1) is 41.3. The number of aryl methyl sites for hydroxylation is 6. The summed E-state index contributed by atoms with van der Waals surface area (Å²) in [6.07, 6.45) is 0. The van der Waals surface area contributed by atoms with E-state index in [1.165, 1.54) is 59.2 Å². The average molecular weight is 964 g/mol. The van der Waals surface area contributed by atoms with Gasteiger partial charge in [0.25, 0.3) is 0 Å². The van der Waals surface area contributed by atoms with Crippen LogP contribution in [0, 0.1) is 41.5 Å². The van der Waals surface area contributed by atoms with Crippen LogP contribution < -0.4 is 3.58 Å². The molecule has 1 saturated heterocycles. The zero-order valence-electron chi connectivity index (χ0n) is 32.8. The number of hydrogen-bond donors (Lipinski definition) is 0. The molecule has 0 bridgehead atoms. The minimum Gasteiger partial charge on any atom is -0.412 e. The van der Waals surface area contributed by atoms with Gasteiger partial charge in [-0.25, -0.2) is 0 Å². The van der Waals surface area contributed by atoms with Gasteiger partial charge in [0.05, 0.1) is 0 Å². The summed E-state index contributed by atoms with van der Waals surface area (Å²) < 4.78 is 25.0. The Bertz CT molecular complexity index is 1440. The number of hydrogen-bond acceptors (Lipinski definition) is 3. The fraction of sp³-hybridized carbons (Fsp3) is 0.550. The smallest absolute Gasteiger partial charge is 0.412 e. The van der Waals surface area contributed by atoms with Crippen molar-refractivity contribution in [3.05, 3.63) is 75.8 Å². The fourth-order valence-corrected chi connectivity index (χ4v) is 121. The second-order valence-electron chi connectivity index (χ2n) is 18.1. The van der Waals surface area contributed by atoms with Crippen LogP contribution in [0.3, 0.4) is 0 Å². The summed E-state index contributed by atoms with van der Waals surface area (Å²) in [4.78, 5) is 0. The van der Waals surface area contributed by atoms with Crippen molar-refractivity contribution in [2.75, 3.05) is 0 Å². The monoisotopic (exact) mass is 967 g/mol. The molecule has 47 heavy (non-hydrogen) atoms. The van der Waals surface area contributed by atoms with Gasteiger partial charge in [-0.3, -0.25) is 0 Å². The van der Waals surface area contributed by atoms with Gasteiger partial charge < -0.3 is 5.48 Å². The summed E-state index contributed by atoms with van der Waals surface area (Å²) in [5.74, 6) is 0. The van der Waals surface area contributed by atoms with Crippen molar-refractivity contribution >= 4 is 62.6 Å². The van der Waals surface area contributed by atoms with Gasteiger partial charge in [-0.05, 0) is 0 Å². The molecular weight excluding hydrogens is 901 g/mol. The van der Waals surface area contributed by atoms with Crippen molar-refractivity contribution in [1.82, 2.24) is 0 Å². The third kappa shape index (κ3) is 7.32. The first-order chi connectivity index (χ1) is 20.8. The molecule has 0 saturated carbocycles. The van der Waals surface area contributed by atoms with E-state index in [4.69, 9.17) is 4.23 Å². The number of rotatable bonds is 3. The quantitative estimate of drug-likeness (QED) is 0.246. The van der Waals surface area contributed by atoms with E-state index < -0.39 is 59.0 Å². The van der Waals surface area contributed by atoms with Gasteiger partial charge in [-0.15, -0.1) is 0 Å². The Balaban J connectivity index is 0.00000600. The molecule has 7 heteroatoms. The van der Waals surface area contributed by atoms with E-state index in [-0.39, 0.29) is 19.2 Å². The molecule has 0 aliphatic carbocycles. The molecule has 1 fully saturated rings. The maximum Gasteiger partial charge on any atom is -0.412 e. The molecule has 0 unspecified atom stereocenters. The third-order valence-electron chi connectivity index (χ3n) is 9.87.